The molecule has 0 aliphatic carbocycles. The van der Waals surface area contributed by atoms with Gasteiger partial charge in [-0.15, -0.1) is 11.8 Å². The van der Waals surface area contributed by atoms with Gasteiger partial charge in [0.2, 0.25) is 0 Å². The Balaban J connectivity index is 1.95. The summed E-state index contributed by atoms with van der Waals surface area (Å²) in [5.41, 5.74) is 0.941. The molecule has 0 spiro atoms. The number of nitrogens with zero attached hydrogens (tertiary/aromatic N) is 1. The Morgan fingerprint density at radius 3 is 2.50 bits per heavy atom. The summed E-state index contributed by atoms with van der Waals surface area (Å²) in [6.07, 6.45) is 1.64. The second-order valence-electron chi connectivity index (χ2n) is 5.99. The van der Waals surface area contributed by atoms with E-state index in [0.29, 0.717) is 22.7 Å². The third-order valence-corrected chi connectivity index (χ3v) is 4.80. The number of thioether (sulfide) groups is 1. The molecular weight excluding hydrogens is 322 g/mol. The van der Waals surface area contributed by atoms with Crippen LogP contribution in [0, 0.1) is 6.92 Å². The van der Waals surface area contributed by atoms with Crippen molar-refractivity contribution in [3.8, 4) is 0 Å². The van der Waals surface area contributed by atoms with E-state index in [9.17, 15) is 14.7 Å². The smallest absolute Gasteiger partial charge is 0.264 e. The summed E-state index contributed by atoms with van der Waals surface area (Å²) in [4.78, 5) is 27.0. The molecule has 1 N–H and O–H groups in total. The molecule has 1 atom stereocenters. The summed E-state index contributed by atoms with van der Waals surface area (Å²) >= 11 is 1.49. The van der Waals surface area contributed by atoms with Gasteiger partial charge in [0.1, 0.15) is 0 Å². The molecule has 0 fully saturated rings. The second-order valence-corrected chi connectivity index (χ2v) is 6.83. The van der Waals surface area contributed by atoms with Crippen LogP contribution >= 0.6 is 11.8 Å². The summed E-state index contributed by atoms with van der Waals surface area (Å²) < 4.78 is 0. The molecule has 1 aliphatic heterocycles. The minimum absolute atomic E-state index is 0.244. The molecule has 4 nitrogen and oxygen atoms in total. The standard InChI is InChI=1S/C19H19NO3S/c1-13-7-9-14(10-8-13)17(21)11-19(23)15-5-3-4-6-16(15)20(12-24-2)18(19)22/h3-10,23H,11-12H2,1-2H3/t19-/m0/s1. The first-order valence-corrected chi connectivity index (χ1v) is 9.09. The first kappa shape index (κ1) is 16.7. The lowest BCUT2D eigenvalue weighted by Crippen LogP contribution is -2.41. The fourth-order valence-corrected chi connectivity index (χ4v) is 3.52. The number of aliphatic hydroxyl groups is 1. The maximum atomic E-state index is 12.8. The van der Waals surface area contributed by atoms with Crippen molar-refractivity contribution in [2.24, 2.45) is 0 Å². The summed E-state index contributed by atoms with van der Waals surface area (Å²) in [5, 5.41) is 11.1. The molecule has 5 heteroatoms. The van der Waals surface area contributed by atoms with Crippen LogP contribution in [0.1, 0.15) is 27.9 Å². The van der Waals surface area contributed by atoms with Crippen LogP contribution in [0.25, 0.3) is 0 Å². The van der Waals surface area contributed by atoms with Gasteiger partial charge in [0, 0.05) is 11.1 Å². The van der Waals surface area contributed by atoms with Crippen molar-refractivity contribution in [3.05, 3.63) is 65.2 Å². The average molecular weight is 341 g/mol. The van der Waals surface area contributed by atoms with Gasteiger partial charge in [-0.2, -0.15) is 0 Å². The molecule has 1 amide bonds. The molecule has 1 aliphatic rings. The quantitative estimate of drug-likeness (QED) is 0.849. The zero-order chi connectivity index (χ0) is 17.3. The lowest BCUT2D eigenvalue weighted by Gasteiger charge is -2.22. The van der Waals surface area contributed by atoms with Crippen LogP contribution in [0.4, 0.5) is 5.69 Å². The van der Waals surface area contributed by atoms with E-state index in [1.165, 1.54) is 11.8 Å². The largest absolute Gasteiger partial charge is 0.375 e. The van der Waals surface area contributed by atoms with E-state index in [-0.39, 0.29) is 12.2 Å². The van der Waals surface area contributed by atoms with Crippen LogP contribution in [-0.4, -0.2) is 28.9 Å². The topological polar surface area (TPSA) is 57.6 Å². The molecule has 24 heavy (non-hydrogen) atoms. The molecular formula is C19H19NO3S. The van der Waals surface area contributed by atoms with Crippen LogP contribution < -0.4 is 4.90 Å². The molecule has 3 rings (SSSR count). The van der Waals surface area contributed by atoms with Gasteiger partial charge in [-0.1, -0.05) is 48.0 Å². The lowest BCUT2D eigenvalue weighted by atomic mass is 9.88. The van der Waals surface area contributed by atoms with Crippen molar-refractivity contribution in [1.29, 1.82) is 0 Å². The van der Waals surface area contributed by atoms with Gasteiger partial charge in [-0.05, 0) is 19.2 Å². The average Bonchev–Trinajstić information content (AvgIpc) is 2.78. The van der Waals surface area contributed by atoms with Crippen molar-refractivity contribution < 1.29 is 14.7 Å². The molecule has 0 aromatic heterocycles. The molecule has 124 valence electrons. The van der Waals surface area contributed by atoms with E-state index < -0.39 is 11.5 Å². The summed E-state index contributed by atoms with van der Waals surface area (Å²) in [6.45, 7) is 1.94. The monoisotopic (exact) mass is 341 g/mol. The molecule has 1 heterocycles. The number of Topliss-reactive ketones (excluding diaryl/α,β-unsaturated/α-hetero) is 1. The highest BCUT2D eigenvalue weighted by atomic mass is 32.2. The summed E-state index contributed by atoms with van der Waals surface area (Å²) in [6, 6.07) is 14.3. The number of ketones is 1. The normalized spacial score (nSPS) is 19.5. The predicted octanol–water partition coefficient (Wildman–Crippen LogP) is 3.12. The number of aryl methyl sites for hydroxylation is 1. The van der Waals surface area contributed by atoms with E-state index in [1.54, 1.807) is 35.2 Å². The molecule has 0 bridgehead atoms. The van der Waals surface area contributed by atoms with Gasteiger partial charge in [0.15, 0.2) is 11.4 Å². The Morgan fingerprint density at radius 2 is 1.83 bits per heavy atom. The number of rotatable bonds is 5. The van der Waals surface area contributed by atoms with Crippen molar-refractivity contribution >= 4 is 29.1 Å². The third kappa shape index (κ3) is 2.74. The zero-order valence-corrected chi connectivity index (χ0v) is 14.5. The third-order valence-electron chi connectivity index (χ3n) is 4.29. The van der Waals surface area contributed by atoms with Gasteiger partial charge in [-0.3, -0.25) is 14.5 Å². The van der Waals surface area contributed by atoms with Gasteiger partial charge in [0.25, 0.3) is 5.91 Å². The number of fused-ring (bicyclic) bond motifs is 1. The number of amides is 1. The van der Waals surface area contributed by atoms with E-state index in [4.69, 9.17) is 0 Å². The van der Waals surface area contributed by atoms with Crippen LogP contribution in [0.2, 0.25) is 0 Å². The van der Waals surface area contributed by atoms with Crippen LogP contribution in [0.5, 0.6) is 0 Å². The first-order valence-electron chi connectivity index (χ1n) is 7.70. The summed E-state index contributed by atoms with van der Waals surface area (Å²) in [5.74, 6) is -0.234. The highest BCUT2D eigenvalue weighted by molar-refractivity contribution is 7.98. The highest BCUT2D eigenvalue weighted by Crippen LogP contribution is 2.43. The molecule has 0 saturated carbocycles. The highest BCUT2D eigenvalue weighted by Gasteiger charge is 2.50. The van der Waals surface area contributed by atoms with E-state index in [0.717, 1.165) is 5.56 Å². The number of para-hydroxylation sites is 1. The van der Waals surface area contributed by atoms with Crippen molar-refractivity contribution in [2.75, 3.05) is 17.0 Å². The van der Waals surface area contributed by atoms with E-state index in [2.05, 4.69) is 0 Å². The molecule has 0 unspecified atom stereocenters. The Hall–Kier alpha value is -2.11. The predicted molar refractivity (Wildman–Crippen MR) is 96.3 cm³/mol. The van der Waals surface area contributed by atoms with Gasteiger partial charge < -0.3 is 5.11 Å². The second kappa shape index (κ2) is 6.42. The van der Waals surface area contributed by atoms with E-state index >= 15 is 0 Å². The van der Waals surface area contributed by atoms with Gasteiger partial charge in [0.05, 0.1) is 18.0 Å². The van der Waals surface area contributed by atoms with Crippen LogP contribution in [0.3, 0.4) is 0 Å². The number of anilines is 1. The minimum atomic E-state index is -1.80. The Labute approximate surface area is 145 Å². The molecule has 0 radical (unpaired) electrons. The van der Waals surface area contributed by atoms with Crippen LogP contribution in [0.15, 0.2) is 48.5 Å². The molecule has 2 aromatic carbocycles. The fraction of sp³-hybridized carbons (Fsp3) is 0.263. The molecule has 0 saturated heterocycles. The van der Waals surface area contributed by atoms with Crippen molar-refractivity contribution in [1.82, 2.24) is 0 Å². The Kier molecular flexibility index (Phi) is 4.47. The Bertz CT molecular complexity index is 787. The zero-order valence-electron chi connectivity index (χ0n) is 13.7. The van der Waals surface area contributed by atoms with Crippen LogP contribution in [-0.2, 0) is 10.4 Å². The number of benzene rings is 2. The first-order chi connectivity index (χ1) is 11.5. The Morgan fingerprint density at radius 1 is 1.17 bits per heavy atom. The lowest BCUT2D eigenvalue weighted by molar-refractivity contribution is -0.135. The number of carbonyl (C=O) groups excluding carboxylic acids is 2. The van der Waals surface area contributed by atoms with Crippen molar-refractivity contribution in [2.45, 2.75) is 18.9 Å². The number of carbonyl (C=O) groups is 2. The number of hydrogen-bond acceptors (Lipinski definition) is 4. The minimum Gasteiger partial charge on any atom is -0.375 e. The van der Waals surface area contributed by atoms with Gasteiger partial charge in [-0.25, -0.2) is 0 Å². The van der Waals surface area contributed by atoms with Crippen molar-refractivity contribution in [3.63, 3.8) is 0 Å². The fourth-order valence-electron chi connectivity index (χ4n) is 3.01. The maximum absolute atomic E-state index is 12.8. The summed E-state index contributed by atoms with van der Waals surface area (Å²) in [7, 11) is 0. The van der Waals surface area contributed by atoms with Gasteiger partial charge >= 0.3 is 0 Å². The number of hydrogen-bond donors (Lipinski definition) is 1. The molecule has 2 aromatic rings. The SMILES string of the molecule is CSCN1C(=O)[C@](O)(CC(=O)c2ccc(C)cc2)c2ccccc21. The van der Waals surface area contributed by atoms with E-state index in [1.807, 2.05) is 31.4 Å². The maximum Gasteiger partial charge on any atom is 0.264 e.